The van der Waals surface area contributed by atoms with Crippen molar-refractivity contribution in [1.29, 1.82) is 0 Å². The number of amidine groups is 1. The van der Waals surface area contributed by atoms with Crippen LogP contribution in [0.4, 0.5) is 11.4 Å². The van der Waals surface area contributed by atoms with Crippen LogP contribution in [0.2, 0.25) is 0 Å². The Labute approximate surface area is 141 Å². The molecule has 112 valence electrons. The number of halogens is 1. The van der Waals surface area contributed by atoms with Crippen molar-refractivity contribution in [2.24, 2.45) is 4.99 Å². The number of hydrogen-bond acceptors (Lipinski definition) is 4. The number of thioether (sulfide) groups is 1. The number of nitrogens with zero attached hydrogens (tertiary/aromatic N) is 2. The standard InChI is InChI=1S/C16H14BrN3OS/c17-12-6-8-13(9-7-12)18-11-19-16-20(15(21)10-22-16)14-4-2-1-3-5-14/h1-9,18H,10-11H2. The zero-order valence-electron chi connectivity index (χ0n) is 11.7. The van der Waals surface area contributed by atoms with Gasteiger partial charge in [-0.1, -0.05) is 45.9 Å². The van der Waals surface area contributed by atoms with Crippen molar-refractivity contribution in [3.05, 3.63) is 59.1 Å². The third kappa shape index (κ3) is 3.51. The quantitative estimate of drug-likeness (QED) is 0.879. The number of nitrogens with one attached hydrogen (secondary N) is 1. The van der Waals surface area contributed by atoms with Gasteiger partial charge in [-0.15, -0.1) is 0 Å². The first-order chi connectivity index (χ1) is 10.7. The van der Waals surface area contributed by atoms with Gasteiger partial charge in [-0.2, -0.15) is 0 Å². The zero-order chi connectivity index (χ0) is 15.4. The highest BCUT2D eigenvalue weighted by atomic mass is 79.9. The number of carbonyl (C=O) groups excluding carboxylic acids is 1. The van der Waals surface area contributed by atoms with E-state index in [0.717, 1.165) is 21.0 Å². The molecule has 0 atom stereocenters. The van der Waals surface area contributed by atoms with E-state index in [-0.39, 0.29) is 5.91 Å². The largest absolute Gasteiger partial charge is 0.366 e. The predicted molar refractivity (Wildman–Crippen MR) is 96.5 cm³/mol. The van der Waals surface area contributed by atoms with Crippen LogP contribution in [-0.2, 0) is 4.79 Å². The molecule has 0 saturated carbocycles. The third-order valence-electron chi connectivity index (χ3n) is 3.12. The Hall–Kier alpha value is -1.79. The highest BCUT2D eigenvalue weighted by Gasteiger charge is 2.29. The first-order valence-corrected chi connectivity index (χ1v) is 8.56. The summed E-state index contributed by atoms with van der Waals surface area (Å²) >= 11 is 4.87. The van der Waals surface area contributed by atoms with Gasteiger partial charge >= 0.3 is 0 Å². The monoisotopic (exact) mass is 375 g/mol. The molecule has 1 heterocycles. The Morgan fingerprint density at radius 1 is 1.14 bits per heavy atom. The molecule has 0 unspecified atom stereocenters. The summed E-state index contributed by atoms with van der Waals surface area (Å²) in [6, 6.07) is 17.5. The average Bonchev–Trinajstić information content (AvgIpc) is 2.91. The molecule has 4 nitrogen and oxygen atoms in total. The third-order valence-corrected chi connectivity index (χ3v) is 4.61. The van der Waals surface area contributed by atoms with Crippen LogP contribution in [0.25, 0.3) is 0 Å². The van der Waals surface area contributed by atoms with Gasteiger partial charge in [-0.3, -0.25) is 9.69 Å². The maximum Gasteiger partial charge on any atom is 0.243 e. The predicted octanol–water partition coefficient (Wildman–Crippen LogP) is 3.95. The lowest BCUT2D eigenvalue weighted by Crippen LogP contribution is -2.29. The van der Waals surface area contributed by atoms with Gasteiger partial charge in [0.2, 0.25) is 5.91 Å². The van der Waals surface area contributed by atoms with Crippen molar-refractivity contribution in [1.82, 2.24) is 0 Å². The number of hydrogen-bond donors (Lipinski definition) is 1. The van der Waals surface area contributed by atoms with Crippen LogP contribution in [0.3, 0.4) is 0 Å². The number of para-hydroxylation sites is 1. The van der Waals surface area contributed by atoms with Crippen molar-refractivity contribution < 1.29 is 4.79 Å². The Morgan fingerprint density at radius 3 is 2.59 bits per heavy atom. The highest BCUT2D eigenvalue weighted by molar-refractivity contribution is 9.10. The summed E-state index contributed by atoms with van der Waals surface area (Å²) in [6.45, 7) is 0.431. The minimum absolute atomic E-state index is 0.0681. The number of carbonyl (C=O) groups is 1. The molecule has 1 amide bonds. The first kappa shape index (κ1) is 15.1. The van der Waals surface area contributed by atoms with E-state index in [1.807, 2.05) is 54.6 Å². The fraction of sp³-hybridized carbons (Fsp3) is 0.125. The summed E-state index contributed by atoms with van der Waals surface area (Å²) in [5, 5.41) is 3.96. The number of aliphatic imine (C=N–C) groups is 1. The summed E-state index contributed by atoms with van der Waals surface area (Å²) in [5.41, 5.74) is 1.85. The molecule has 2 aromatic carbocycles. The van der Waals surface area contributed by atoms with E-state index in [0.29, 0.717) is 12.4 Å². The lowest BCUT2D eigenvalue weighted by atomic mass is 10.3. The molecule has 2 aromatic rings. The first-order valence-electron chi connectivity index (χ1n) is 6.79. The van der Waals surface area contributed by atoms with E-state index in [2.05, 4.69) is 26.2 Å². The number of anilines is 2. The lowest BCUT2D eigenvalue weighted by Gasteiger charge is -2.16. The SMILES string of the molecule is O=C1CSC(=NCNc2ccc(Br)cc2)N1c1ccccc1. The second kappa shape index (κ2) is 6.98. The molecule has 22 heavy (non-hydrogen) atoms. The van der Waals surface area contributed by atoms with Gasteiger partial charge < -0.3 is 5.32 Å². The fourth-order valence-electron chi connectivity index (χ4n) is 2.08. The van der Waals surface area contributed by atoms with Crippen LogP contribution < -0.4 is 10.2 Å². The topological polar surface area (TPSA) is 44.7 Å². The summed E-state index contributed by atoms with van der Waals surface area (Å²) in [4.78, 5) is 18.2. The molecule has 0 bridgehead atoms. The van der Waals surface area contributed by atoms with Crippen molar-refractivity contribution >= 4 is 50.1 Å². The normalized spacial score (nSPS) is 16.3. The van der Waals surface area contributed by atoms with Gasteiger partial charge in [-0.25, -0.2) is 4.99 Å². The molecule has 0 spiro atoms. The highest BCUT2D eigenvalue weighted by Crippen LogP contribution is 2.26. The Bertz CT molecular complexity index is 688. The van der Waals surface area contributed by atoms with Crippen molar-refractivity contribution in [3.8, 4) is 0 Å². The molecule has 0 radical (unpaired) electrons. The second-order valence-corrected chi connectivity index (χ2v) is 6.49. The zero-order valence-corrected chi connectivity index (χ0v) is 14.1. The van der Waals surface area contributed by atoms with Gasteiger partial charge in [0.1, 0.15) is 6.67 Å². The molecular formula is C16H14BrN3OS. The molecule has 1 aliphatic rings. The summed E-state index contributed by atoms with van der Waals surface area (Å²) in [5.74, 6) is 0.505. The second-order valence-electron chi connectivity index (χ2n) is 4.64. The molecule has 1 aliphatic heterocycles. The van der Waals surface area contributed by atoms with Crippen molar-refractivity contribution in [2.45, 2.75) is 0 Å². The van der Waals surface area contributed by atoms with E-state index >= 15 is 0 Å². The van der Waals surface area contributed by atoms with E-state index in [1.165, 1.54) is 11.8 Å². The molecule has 6 heteroatoms. The molecule has 1 saturated heterocycles. The molecule has 0 aliphatic carbocycles. The molecule has 0 aromatic heterocycles. The van der Waals surface area contributed by atoms with E-state index < -0.39 is 0 Å². The van der Waals surface area contributed by atoms with E-state index in [4.69, 9.17) is 0 Å². The maximum atomic E-state index is 12.1. The Morgan fingerprint density at radius 2 is 1.86 bits per heavy atom. The smallest absolute Gasteiger partial charge is 0.243 e. The van der Waals surface area contributed by atoms with E-state index in [9.17, 15) is 4.79 Å². The molecule has 1 fully saturated rings. The van der Waals surface area contributed by atoms with Crippen LogP contribution in [0.15, 0.2) is 64.1 Å². The van der Waals surface area contributed by atoms with Gasteiger partial charge in [0, 0.05) is 10.2 Å². The maximum absolute atomic E-state index is 12.1. The molecule has 3 rings (SSSR count). The van der Waals surface area contributed by atoms with Crippen LogP contribution >= 0.6 is 27.7 Å². The molecular weight excluding hydrogens is 362 g/mol. The summed E-state index contributed by atoms with van der Waals surface area (Å²) in [7, 11) is 0. The lowest BCUT2D eigenvalue weighted by molar-refractivity contribution is -0.115. The van der Waals surface area contributed by atoms with Crippen LogP contribution in [0, 0.1) is 0 Å². The minimum atomic E-state index is 0.0681. The number of amides is 1. The van der Waals surface area contributed by atoms with Crippen molar-refractivity contribution in [3.63, 3.8) is 0 Å². The Balaban J connectivity index is 1.70. The van der Waals surface area contributed by atoms with Gasteiger partial charge in [0.25, 0.3) is 0 Å². The van der Waals surface area contributed by atoms with Crippen molar-refractivity contribution in [2.75, 3.05) is 22.6 Å². The van der Waals surface area contributed by atoms with Gasteiger partial charge in [0.05, 0.1) is 11.4 Å². The number of benzene rings is 2. The van der Waals surface area contributed by atoms with Gasteiger partial charge in [0.15, 0.2) is 5.17 Å². The average molecular weight is 376 g/mol. The minimum Gasteiger partial charge on any atom is -0.366 e. The fourth-order valence-corrected chi connectivity index (χ4v) is 3.21. The Kier molecular flexibility index (Phi) is 4.80. The van der Waals surface area contributed by atoms with Crippen LogP contribution in [-0.4, -0.2) is 23.5 Å². The summed E-state index contributed by atoms with van der Waals surface area (Å²) < 4.78 is 1.04. The van der Waals surface area contributed by atoms with Crippen LogP contribution in [0.5, 0.6) is 0 Å². The summed E-state index contributed by atoms with van der Waals surface area (Å²) in [6.07, 6.45) is 0. The molecule has 1 N–H and O–H groups in total. The van der Waals surface area contributed by atoms with E-state index in [1.54, 1.807) is 4.90 Å². The van der Waals surface area contributed by atoms with Gasteiger partial charge in [-0.05, 0) is 36.4 Å². The number of rotatable bonds is 4. The van der Waals surface area contributed by atoms with Crippen LogP contribution in [0.1, 0.15) is 0 Å².